The third-order valence-electron chi connectivity index (χ3n) is 3.19. The van der Waals surface area contributed by atoms with E-state index in [1.54, 1.807) is 19.1 Å². The Morgan fingerprint density at radius 2 is 2.26 bits per heavy atom. The van der Waals surface area contributed by atoms with Crippen molar-refractivity contribution in [3.63, 3.8) is 0 Å². The highest BCUT2D eigenvalue weighted by atomic mass is 79.9. The maximum Gasteiger partial charge on any atom is 0.272 e. The zero-order chi connectivity index (χ0) is 14.0. The van der Waals surface area contributed by atoms with Crippen LogP contribution in [0.2, 0.25) is 0 Å². The molecule has 0 N–H and O–H groups in total. The summed E-state index contributed by atoms with van der Waals surface area (Å²) in [5.41, 5.74) is 0.714. The van der Waals surface area contributed by atoms with Crippen molar-refractivity contribution in [3.05, 3.63) is 33.9 Å². The predicted molar refractivity (Wildman–Crippen MR) is 75.0 cm³/mol. The van der Waals surface area contributed by atoms with Crippen LogP contribution in [0.4, 0.5) is 5.69 Å². The van der Waals surface area contributed by atoms with Crippen molar-refractivity contribution in [2.24, 2.45) is 0 Å². The smallest absolute Gasteiger partial charge is 0.272 e. The molecule has 1 saturated carbocycles. The van der Waals surface area contributed by atoms with Crippen LogP contribution >= 0.6 is 15.9 Å². The Labute approximate surface area is 120 Å². The Morgan fingerprint density at radius 1 is 1.53 bits per heavy atom. The van der Waals surface area contributed by atoms with Gasteiger partial charge in [-0.1, -0.05) is 15.9 Å². The van der Waals surface area contributed by atoms with E-state index in [9.17, 15) is 10.1 Å². The first-order chi connectivity index (χ1) is 9.02. The van der Waals surface area contributed by atoms with Crippen LogP contribution in [0, 0.1) is 17.0 Å². The molecule has 0 spiro atoms. The maximum absolute atomic E-state index is 10.7. The van der Waals surface area contributed by atoms with E-state index in [1.807, 2.05) is 6.92 Å². The quantitative estimate of drug-likeness (QED) is 0.472. The Bertz CT molecular complexity index is 480. The van der Waals surface area contributed by atoms with Crippen LogP contribution in [0.3, 0.4) is 0 Å². The summed E-state index contributed by atoms with van der Waals surface area (Å²) in [6.45, 7) is 4.30. The first kappa shape index (κ1) is 14.3. The molecule has 5 nitrogen and oxygen atoms in total. The lowest BCUT2D eigenvalue weighted by Gasteiger charge is -2.40. The van der Waals surface area contributed by atoms with E-state index in [2.05, 4.69) is 15.9 Å². The fourth-order valence-electron chi connectivity index (χ4n) is 2.13. The molecule has 2 rings (SSSR count). The zero-order valence-electron chi connectivity index (χ0n) is 10.8. The number of nitro benzene ring substituents is 1. The number of ether oxygens (including phenoxy) is 2. The lowest BCUT2D eigenvalue weighted by atomic mass is 9.91. The minimum atomic E-state index is -0.389. The highest BCUT2D eigenvalue weighted by molar-refractivity contribution is 9.09. The monoisotopic (exact) mass is 329 g/mol. The third kappa shape index (κ3) is 3.06. The second kappa shape index (κ2) is 5.88. The maximum atomic E-state index is 10.7. The van der Waals surface area contributed by atoms with Gasteiger partial charge in [-0.05, 0) is 26.0 Å². The summed E-state index contributed by atoms with van der Waals surface area (Å²) in [6.07, 6.45) is 0.923. The molecule has 104 valence electrons. The fourth-order valence-corrected chi connectivity index (χ4v) is 2.99. The van der Waals surface area contributed by atoms with Gasteiger partial charge in [0.15, 0.2) is 0 Å². The van der Waals surface area contributed by atoms with Crippen LogP contribution in [0.25, 0.3) is 0 Å². The van der Waals surface area contributed by atoms with E-state index in [1.165, 1.54) is 6.07 Å². The lowest BCUT2D eigenvalue weighted by molar-refractivity contribution is -0.385. The van der Waals surface area contributed by atoms with Crippen LogP contribution in [0.5, 0.6) is 5.75 Å². The van der Waals surface area contributed by atoms with E-state index in [4.69, 9.17) is 9.47 Å². The van der Waals surface area contributed by atoms with E-state index < -0.39 is 0 Å². The van der Waals surface area contributed by atoms with Crippen LogP contribution < -0.4 is 4.74 Å². The minimum Gasteiger partial charge on any atom is -0.488 e. The van der Waals surface area contributed by atoms with Crippen LogP contribution in [0.1, 0.15) is 18.9 Å². The SMILES string of the molecule is CCOC1C(Br)CC1Oc1ccc([N+](=O)[O-])c(C)c1. The van der Waals surface area contributed by atoms with E-state index in [0.29, 0.717) is 22.7 Å². The molecule has 6 heteroatoms. The highest BCUT2D eigenvalue weighted by Crippen LogP contribution is 2.35. The van der Waals surface area contributed by atoms with Gasteiger partial charge in [0.25, 0.3) is 5.69 Å². The third-order valence-corrected chi connectivity index (χ3v) is 4.09. The molecule has 3 atom stereocenters. The molecule has 0 radical (unpaired) electrons. The topological polar surface area (TPSA) is 61.6 Å². The number of benzene rings is 1. The average molecular weight is 330 g/mol. The summed E-state index contributed by atoms with van der Waals surface area (Å²) in [5, 5.41) is 10.7. The number of halogens is 1. The summed E-state index contributed by atoms with van der Waals surface area (Å²) in [4.78, 5) is 10.7. The standard InChI is InChI=1S/C13H16BrNO4/c1-3-18-13-10(14)7-12(13)19-9-4-5-11(15(16)17)8(2)6-9/h4-6,10,12-13H,3,7H2,1-2H3. The molecule has 0 bridgehead atoms. The van der Waals surface area contributed by atoms with Gasteiger partial charge >= 0.3 is 0 Å². The van der Waals surface area contributed by atoms with Crippen LogP contribution in [-0.4, -0.2) is 28.6 Å². The van der Waals surface area contributed by atoms with Gasteiger partial charge in [0.2, 0.25) is 0 Å². The molecule has 19 heavy (non-hydrogen) atoms. The fraction of sp³-hybridized carbons (Fsp3) is 0.538. The summed E-state index contributed by atoms with van der Waals surface area (Å²) in [7, 11) is 0. The van der Waals surface area contributed by atoms with Crippen molar-refractivity contribution in [2.45, 2.75) is 37.3 Å². The van der Waals surface area contributed by atoms with Gasteiger partial charge in [0.05, 0.1) is 4.92 Å². The molecule has 1 aromatic rings. The first-order valence-corrected chi connectivity index (χ1v) is 7.12. The number of hydrogen-bond donors (Lipinski definition) is 0. The van der Waals surface area contributed by atoms with Crippen molar-refractivity contribution >= 4 is 21.6 Å². The summed E-state index contributed by atoms with van der Waals surface area (Å²) in [6, 6.07) is 4.81. The molecule has 1 aliphatic carbocycles. The normalized spacial score (nSPS) is 25.7. The molecule has 0 aliphatic heterocycles. The summed E-state index contributed by atoms with van der Waals surface area (Å²) >= 11 is 3.53. The summed E-state index contributed by atoms with van der Waals surface area (Å²) in [5.74, 6) is 0.650. The molecule has 0 amide bonds. The predicted octanol–water partition coefficient (Wildman–Crippen LogP) is 3.22. The molecule has 1 aliphatic rings. The molecule has 0 saturated heterocycles. The minimum absolute atomic E-state index is 0.00480. The molecule has 3 unspecified atom stereocenters. The zero-order valence-corrected chi connectivity index (χ0v) is 12.4. The largest absolute Gasteiger partial charge is 0.488 e. The van der Waals surface area contributed by atoms with Gasteiger partial charge < -0.3 is 9.47 Å². The first-order valence-electron chi connectivity index (χ1n) is 6.20. The van der Waals surface area contributed by atoms with Crippen molar-refractivity contribution in [1.29, 1.82) is 0 Å². The number of nitrogens with zero attached hydrogens (tertiary/aromatic N) is 1. The Morgan fingerprint density at radius 3 is 2.79 bits per heavy atom. The second-order valence-electron chi connectivity index (χ2n) is 4.53. The molecule has 0 heterocycles. The van der Waals surface area contributed by atoms with Gasteiger partial charge in [-0.3, -0.25) is 10.1 Å². The number of nitro groups is 1. The lowest BCUT2D eigenvalue weighted by Crippen LogP contribution is -2.52. The van der Waals surface area contributed by atoms with Crippen molar-refractivity contribution in [3.8, 4) is 5.75 Å². The Balaban J connectivity index is 2.04. The molecule has 0 aromatic heterocycles. The number of rotatable bonds is 5. The van der Waals surface area contributed by atoms with Gasteiger partial charge in [-0.25, -0.2) is 0 Å². The van der Waals surface area contributed by atoms with Crippen molar-refractivity contribution in [2.75, 3.05) is 6.61 Å². The van der Waals surface area contributed by atoms with Crippen LogP contribution in [-0.2, 0) is 4.74 Å². The highest BCUT2D eigenvalue weighted by Gasteiger charge is 2.42. The summed E-state index contributed by atoms with van der Waals surface area (Å²) < 4.78 is 11.4. The van der Waals surface area contributed by atoms with E-state index in [0.717, 1.165) is 6.42 Å². The number of aryl methyl sites for hydroxylation is 1. The van der Waals surface area contributed by atoms with E-state index in [-0.39, 0.29) is 22.8 Å². The van der Waals surface area contributed by atoms with Crippen LogP contribution in [0.15, 0.2) is 18.2 Å². The van der Waals surface area contributed by atoms with E-state index >= 15 is 0 Å². The Hall–Kier alpha value is -1.14. The van der Waals surface area contributed by atoms with Gasteiger partial charge in [-0.2, -0.15) is 0 Å². The van der Waals surface area contributed by atoms with Crippen molar-refractivity contribution in [1.82, 2.24) is 0 Å². The second-order valence-corrected chi connectivity index (χ2v) is 5.71. The average Bonchev–Trinajstić information content (AvgIpc) is 2.35. The molecule has 1 aromatic carbocycles. The number of hydrogen-bond acceptors (Lipinski definition) is 4. The molecular weight excluding hydrogens is 314 g/mol. The van der Waals surface area contributed by atoms with Gasteiger partial charge in [0.1, 0.15) is 18.0 Å². The van der Waals surface area contributed by atoms with Gasteiger partial charge in [-0.15, -0.1) is 0 Å². The van der Waals surface area contributed by atoms with Gasteiger partial charge in [0, 0.05) is 29.5 Å². The number of alkyl halides is 1. The Kier molecular flexibility index (Phi) is 4.42. The van der Waals surface area contributed by atoms with Crippen molar-refractivity contribution < 1.29 is 14.4 Å². The molecule has 1 fully saturated rings. The molecular formula is C13H16BrNO4.